The van der Waals surface area contributed by atoms with Crippen molar-refractivity contribution in [2.45, 2.75) is 48.9 Å². The minimum Gasteiger partial charge on any atom is -0.385 e. The molecule has 0 heterocycles. The molecule has 3 rings (SSSR count). The zero-order valence-corrected chi connectivity index (χ0v) is 15.3. The fourth-order valence-corrected chi connectivity index (χ4v) is 3.99. The Labute approximate surface area is 154 Å². The highest BCUT2D eigenvalue weighted by atomic mass is 32.5. The van der Waals surface area contributed by atoms with Crippen LogP contribution < -0.4 is 0 Å². The van der Waals surface area contributed by atoms with Gasteiger partial charge < -0.3 is 9.84 Å². The van der Waals surface area contributed by atoms with Crippen LogP contribution in [0.2, 0.25) is 0 Å². The summed E-state index contributed by atoms with van der Waals surface area (Å²) in [6.45, 7) is 0.447. The Bertz CT molecular complexity index is 783. The van der Waals surface area contributed by atoms with Gasteiger partial charge >= 0.3 is 10.2 Å². The van der Waals surface area contributed by atoms with Crippen LogP contribution in [0.4, 0.5) is 19.4 Å². The van der Waals surface area contributed by atoms with Crippen LogP contribution in [0.1, 0.15) is 36.8 Å². The smallest absolute Gasteiger partial charge is 0.310 e. The molecular weight excluding hydrogens is 387 g/mol. The molecule has 1 aliphatic carbocycles. The molecule has 0 amide bonds. The molecule has 0 radical (unpaired) electrons. The van der Waals surface area contributed by atoms with E-state index >= 15 is 0 Å². The number of hydrogen-bond donors (Lipinski definition) is 1. The van der Waals surface area contributed by atoms with Gasteiger partial charge in [0.1, 0.15) is 4.90 Å². The molecule has 1 saturated carbocycles. The monoisotopic (exact) mass is 408 g/mol. The highest BCUT2D eigenvalue weighted by Crippen LogP contribution is 3.02. The van der Waals surface area contributed by atoms with Crippen LogP contribution >= 0.6 is 10.2 Å². The van der Waals surface area contributed by atoms with Gasteiger partial charge in [0.05, 0.1) is 18.3 Å². The number of ether oxygens (including phenoxy) is 1. The summed E-state index contributed by atoms with van der Waals surface area (Å²) in [7, 11) is -9.69. The summed E-state index contributed by atoms with van der Waals surface area (Å²) in [5.41, 5.74) is -0.0809. The summed E-state index contributed by atoms with van der Waals surface area (Å²) in [5, 5.41) is 10.8. The number of aliphatic hydroxyl groups is 1. The van der Waals surface area contributed by atoms with E-state index in [1.807, 2.05) is 30.3 Å². The second-order valence-corrected chi connectivity index (χ2v) is 9.43. The van der Waals surface area contributed by atoms with Crippen molar-refractivity contribution in [2.24, 2.45) is 0 Å². The lowest BCUT2D eigenvalue weighted by Crippen LogP contribution is -2.34. The number of halogens is 5. The Morgan fingerprint density at radius 2 is 1.44 bits per heavy atom. The van der Waals surface area contributed by atoms with Gasteiger partial charge in [0.15, 0.2) is 0 Å². The average Bonchev–Trinajstić information content (AvgIpc) is 2.60. The number of hydrogen-bond acceptors (Lipinski definition) is 2. The zero-order valence-electron chi connectivity index (χ0n) is 14.5. The van der Waals surface area contributed by atoms with E-state index in [-0.39, 0.29) is 11.7 Å². The maximum Gasteiger partial charge on any atom is 0.310 e. The number of benzene rings is 2. The van der Waals surface area contributed by atoms with Crippen LogP contribution in [0, 0.1) is 0 Å². The molecule has 1 N–H and O–H groups in total. The summed E-state index contributed by atoms with van der Waals surface area (Å²) in [5.74, 6) is 0. The molecule has 0 unspecified atom stereocenters. The van der Waals surface area contributed by atoms with Gasteiger partial charge in [-0.15, -0.1) is 0 Å². The van der Waals surface area contributed by atoms with E-state index in [0.29, 0.717) is 44.4 Å². The molecule has 0 aliphatic heterocycles. The lowest BCUT2D eigenvalue weighted by atomic mass is 9.78. The fraction of sp³-hybridized carbons (Fsp3) is 0.368. The first-order chi connectivity index (χ1) is 12.4. The predicted molar refractivity (Wildman–Crippen MR) is 95.2 cm³/mol. The van der Waals surface area contributed by atoms with Crippen molar-refractivity contribution in [1.82, 2.24) is 0 Å². The molecule has 1 fully saturated rings. The molecule has 2 aromatic rings. The third-order valence-electron chi connectivity index (χ3n) is 4.93. The molecule has 0 bridgehead atoms. The van der Waals surface area contributed by atoms with Gasteiger partial charge in [-0.05, 0) is 48.9 Å². The second-order valence-electron chi connectivity index (χ2n) is 7.02. The Kier molecular flexibility index (Phi) is 4.61. The molecule has 0 atom stereocenters. The topological polar surface area (TPSA) is 29.5 Å². The maximum absolute atomic E-state index is 12.8. The first-order valence-electron chi connectivity index (χ1n) is 8.58. The van der Waals surface area contributed by atoms with Crippen molar-refractivity contribution in [1.29, 1.82) is 0 Å². The van der Waals surface area contributed by atoms with Crippen molar-refractivity contribution in [3.05, 3.63) is 65.7 Å². The standard InChI is InChI=1S/C19H21F5O2S/c20-27(21,22,23,24)18-8-6-16(7-9-18)19(25)12-10-17(11-13-19)26-14-15-4-2-1-3-5-15/h1-9,17,25H,10-14H2. The van der Waals surface area contributed by atoms with Crippen LogP contribution in [0.25, 0.3) is 0 Å². The fourth-order valence-electron chi connectivity index (χ4n) is 3.33. The van der Waals surface area contributed by atoms with Crippen LogP contribution in [0.5, 0.6) is 0 Å². The lowest BCUT2D eigenvalue weighted by molar-refractivity contribution is -0.0640. The molecule has 0 aromatic heterocycles. The summed E-state index contributed by atoms with van der Waals surface area (Å²) < 4.78 is 69.9. The number of rotatable bonds is 5. The van der Waals surface area contributed by atoms with Crippen molar-refractivity contribution in [2.75, 3.05) is 0 Å². The Morgan fingerprint density at radius 3 is 1.96 bits per heavy atom. The Morgan fingerprint density at radius 1 is 0.889 bits per heavy atom. The Balaban J connectivity index is 1.62. The maximum atomic E-state index is 12.8. The van der Waals surface area contributed by atoms with Crippen molar-refractivity contribution in [3.63, 3.8) is 0 Å². The van der Waals surface area contributed by atoms with Crippen LogP contribution in [0.15, 0.2) is 59.5 Å². The largest absolute Gasteiger partial charge is 0.385 e. The summed E-state index contributed by atoms with van der Waals surface area (Å²) in [6.07, 6.45) is 1.60. The molecule has 2 aromatic carbocycles. The Hall–Kier alpha value is -1.64. The van der Waals surface area contributed by atoms with Crippen molar-refractivity contribution in [3.8, 4) is 0 Å². The molecule has 27 heavy (non-hydrogen) atoms. The van der Waals surface area contributed by atoms with Crippen LogP contribution in [-0.4, -0.2) is 11.2 Å². The molecule has 150 valence electrons. The van der Waals surface area contributed by atoms with Gasteiger partial charge in [0.25, 0.3) is 0 Å². The van der Waals surface area contributed by atoms with E-state index in [4.69, 9.17) is 4.74 Å². The van der Waals surface area contributed by atoms with Crippen LogP contribution in [-0.2, 0) is 16.9 Å². The first-order valence-corrected chi connectivity index (χ1v) is 10.5. The van der Waals surface area contributed by atoms with Gasteiger partial charge in [0.2, 0.25) is 0 Å². The minimum absolute atomic E-state index is 0.0607. The molecule has 0 saturated heterocycles. The van der Waals surface area contributed by atoms with Crippen molar-refractivity contribution < 1.29 is 29.3 Å². The van der Waals surface area contributed by atoms with Gasteiger partial charge in [-0.1, -0.05) is 61.9 Å². The highest BCUT2D eigenvalue weighted by Gasteiger charge is 2.65. The van der Waals surface area contributed by atoms with Gasteiger partial charge in [-0.2, -0.15) is 0 Å². The predicted octanol–water partition coefficient (Wildman–Crippen LogP) is 6.69. The quantitative estimate of drug-likeness (QED) is 0.559. The molecule has 2 nitrogen and oxygen atoms in total. The summed E-state index contributed by atoms with van der Waals surface area (Å²) in [4.78, 5) is -1.94. The van der Waals surface area contributed by atoms with E-state index in [9.17, 15) is 24.5 Å². The van der Waals surface area contributed by atoms with E-state index in [0.717, 1.165) is 17.7 Å². The molecule has 1 aliphatic rings. The van der Waals surface area contributed by atoms with E-state index in [1.165, 1.54) is 0 Å². The van der Waals surface area contributed by atoms with E-state index in [1.54, 1.807) is 0 Å². The molecular formula is C19H21F5O2S. The van der Waals surface area contributed by atoms with Crippen LogP contribution in [0.3, 0.4) is 0 Å². The zero-order chi connectivity index (χ0) is 19.8. The van der Waals surface area contributed by atoms with Gasteiger partial charge in [-0.25, -0.2) is 0 Å². The molecule has 0 spiro atoms. The van der Waals surface area contributed by atoms with E-state index < -0.39 is 20.7 Å². The third-order valence-corrected chi connectivity index (χ3v) is 6.09. The SMILES string of the molecule is OC1(c2ccc(S(F)(F)(F)(F)F)cc2)CCC(OCc2ccccc2)CC1. The second kappa shape index (κ2) is 6.18. The van der Waals surface area contributed by atoms with Gasteiger partial charge in [-0.3, -0.25) is 0 Å². The summed E-state index contributed by atoms with van der Waals surface area (Å²) in [6, 6.07) is 12.2. The normalized spacial score (nSPS) is 26.2. The lowest BCUT2D eigenvalue weighted by Gasteiger charge is -2.41. The third kappa shape index (κ3) is 5.00. The minimum atomic E-state index is -9.69. The summed E-state index contributed by atoms with van der Waals surface area (Å²) >= 11 is 0. The van der Waals surface area contributed by atoms with Crippen molar-refractivity contribution >= 4 is 10.2 Å². The average molecular weight is 408 g/mol. The van der Waals surface area contributed by atoms with E-state index in [2.05, 4.69) is 0 Å². The highest BCUT2D eigenvalue weighted by molar-refractivity contribution is 8.45. The van der Waals surface area contributed by atoms with Gasteiger partial charge in [0, 0.05) is 0 Å². The molecule has 8 heteroatoms. The first kappa shape index (κ1) is 20.1.